The number of rotatable bonds is 5. The number of pyridine rings is 2. The van der Waals surface area contributed by atoms with E-state index in [1.54, 1.807) is 18.2 Å². The number of hydrogen-bond donors (Lipinski definition) is 1. The quantitative estimate of drug-likeness (QED) is 0.498. The highest BCUT2D eigenvalue weighted by molar-refractivity contribution is 6.03. The number of fused-ring (bicyclic) bond motifs is 1. The van der Waals surface area contributed by atoms with Crippen LogP contribution in [-0.2, 0) is 4.74 Å². The molecule has 4 aromatic rings. The van der Waals surface area contributed by atoms with Crippen LogP contribution in [0.25, 0.3) is 16.9 Å². The summed E-state index contributed by atoms with van der Waals surface area (Å²) in [5.41, 5.74) is 1.22. The Kier molecular flexibility index (Phi) is 5.61. The maximum atomic E-state index is 13.0. The van der Waals surface area contributed by atoms with E-state index in [4.69, 9.17) is 4.74 Å². The van der Waals surface area contributed by atoms with Gasteiger partial charge in [-0.05, 0) is 30.3 Å². The number of aromatic nitrogens is 5. The van der Waals surface area contributed by atoms with Crippen LogP contribution in [0.2, 0.25) is 0 Å². The summed E-state index contributed by atoms with van der Waals surface area (Å²) in [6, 6.07) is 10.0. The molecule has 0 aliphatic carbocycles. The molecule has 0 spiro atoms. The van der Waals surface area contributed by atoms with Crippen molar-refractivity contribution in [3.8, 4) is 11.3 Å². The summed E-state index contributed by atoms with van der Waals surface area (Å²) in [6.45, 7) is 2.71. The number of nitrogens with zero attached hydrogens (tertiary/aromatic N) is 6. The molecule has 33 heavy (non-hydrogen) atoms. The first-order valence-corrected chi connectivity index (χ1v) is 10.3. The van der Waals surface area contributed by atoms with Crippen molar-refractivity contribution in [2.45, 2.75) is 6.43 Å². The summed E-state index contributed by atoms with van der Waals surface area (Å²) in [4.78, 5) is 27.7. The summed E-state index contributed by atoms with van der Waals surface area (Å²) >= 11 is 0. The maximum Gasteiger partial charge on any atom is 0.277 e. The molecule has 5 heterocycles. The Morgan fingerprint density at radius 2 is 1.94 bits per heavy atom. The van der Waals surface area contributed by atoms with Gasteiger partial charge in [0.2, 0.25) is 0 Å². The molecule has 4 aromatic heterocycles. The predicted molar refractivity (Wildman–Crippen MR) is 116 cm³/mol. The van der Waals surface area contributed by atoms with Gasteiger partial charge in [0.1, 0.15) is 11.6 Å². The molecule has 1 fully saturated rings. The van der Waals surface area contributed by atoms with Crippen molar-refractivity contribution >= 4 is 23.2 Å². The highest BCUT2D eigenvalue weighted by Gasteiger charge is 2.17. The van der Waals surface area contributed by atoms with Crippen LogP contribution in [0, 0.1) is 0 Å². The first-order valence-electron chi connectivity index (χ1n) is 10.3. The largest absolute Gasteiger partial charge is 0.378 e. The van der Waals surface area contributed by atoms with Gasteiger partial charge >= 0.3 is 0 Å². The first kappa shape index (κ1) is 20.9. The van der Waals surface area contributed by atoms with E-state index in [1.165, 1.54) is 23.0 Å². The van der Waals surface area contributed by atoms with Gasteiger partial charge in [0.15, 0.2) is 11.3 Å². The van der Waals surface area contributed by atoms with Crippen molar-refractivity contribution in [3.05, 3.63) is 66.2 Å². The van der Waals surface area contributed by atoms with Crippen molar-refractivity contribution in [1.82, 2.24) is 24.6 Å². The van der Waals surface area contributed by atoms with E-state index in [1.807, 2.05) is 12.1 Å². The first-order chi connectivity index (χ1) is 16.1. The molecule has 5 rings (SSSR count). The van der Waals surface area contributed by atoms with Gasteiger partial charge in [-0.25, -0.2) is 23.3 Å². The number of morpholine rings is 1. The maximum absolute atomic E-state index is 13.0. The van der Waals surface area contributed by atoms with Crippen molar-refractivity contribution in [2.75, 3.05) is 36.5 Å². The molecule has 0 aromatic carbocycles. The fraction of sp³-hybridized carbons (Fsp3) is 0.227. The second-order valence-corrected chi connectivity index (χ2v) is 7.37. The predicted octanol–water partition coefficient (Wildman–Crippen LogP) is 3.21. The summed E-state index contributed by atoms with van der Waals surface area (Å²) in [6.07, 6.45) is 1.32. The number of hydrogen-bond acceptors (Lipinski definition) is 7. The Bertz CT molecular complexity index is 1300. The van der Waals surface area contributed by atoms with E-state index in [-0.39, 0.29) is 11.3 Å². The van der Waals surface area contributed by atoms with Gasteiger partial charge in [-0.15, -0.1) is 0 Å². The number of ether oxygens (including phenoxy) is 1. The number of carbonyl (C=O) groups is 1. The third-order valence-corrected chi connectivity index (χ3v) is 5.21. The number of imidazole rings is 1. The highest BCUT2D eigenvalue weighted by atomic mass is 19.3. The van der Waals surface area contributed by atoms with Crippen molar-refractivity contribution in [1.29, 1.82) is 0 Å². The van der Waals surface area contributed by atoms with Crippen LogP contribution >= 0.6 is 0 Å². The second-order valence-electron chi connectivity index (χ2n) is 7.37. The molecule has 0 bridgehead atoms. The Morgan fingerprint density at radius 3 is 2.76 bits per heavy atom. The minimum Gasteiger partial charge on any atom is -0.378 e. The Balaban J connectivity index is 1.41. The monoisotopic (exact) mass is 451 g/mol. The van der Waals surface area contributed by atoms with Gasteiger partial charge in [0.25, 0.3) is 12.3 Å². The Hall–Kier alpha value is -3.99. The molecule has 0 atom stereocenters. The second kappa shape index (κ2) is 8.87. The number of nitrogens with one attached hydrogen (secondary N) is 1. The van der Waals surface area contributed by atoms with Crippen LogP contribution in [0.3, 0.4) is 0 Å². The van der Waals surface area contributed by atoms with Gasteiger partial charge in [-0.2, -0.15) is 5.10 Å². The van der Waals surface area contributed by atoms with Gasteiger partial charge < -0.3 is 15.0 Å². The molecule has 0 unspecified atom stereocenters. The molecule has 1 N–H and O–H groups in total. The van der Waals surface area contributed by atoms with Crippen molar-refractivity contribution in [3.63, 3.8) is 0 Å². The average molecular weight is 451 g/mol. The van der Waals surface area contributed by atoms with E-state index in [0.717, 1.165) is 25.1 Å². The SMILES string of the molecule is O=C(Nc1cccc(N2CCOCC2)n1)c1cnc2ccc(-c3cncc(C(F)F)c3)nn12. The molecule has 0 radical (unpaired) electrons. The minimum absolute atomic E-state index is 0.184. The molecule has 9 nitrogen and oxygen atoms in total. The van der Waals surface area contributed by atoms with Crippen LogP contribution < -0.4 is 10.2 Å². The number of alkyl halides is 2. The third kappa shape index (κ3) is 4.35. The zero-order chi connectivity index (χ0) is 22.8. The van der Waals surface area contributed by atoms with Crippen LogP contribution in [0.1, 0.15) is 22.5 Å². The minimum atomic E-state index is -2.64. The lowest BCUT2D eigenvalue weighted by Crippen LogP contribution is -2.36. The summed E-state index contributed by atoms with van der Waals surface area (Å²) < 4.78 is 32.8. The lowest BCUT2D eigenvalue weighted by molar-refractivity contribution is 0.102. The Morgan fingerprint density at radius 1 is 1.09 bits per heavy atom. The van der Waals surface area contributed by atoms with E-state index in [2.05, 4.69) is 30.3 Å². The molecule has 1 amide bonds. The zero-order valence-electron chi connectivity index (χ0n) is 17.4. The van der Waals surface area contributed by atoms with Crippen LogP contribution in [-0.4, -0.2) is 56.8 Å². The van der Waals surface area contributed by atoms with Gasteiger partial charge in [0, 0.05) is 36.6 Å². The Labute approximate surface area is 187 Å². The lowest BCUT2D eigenvalue weighted by atomic mass is 10.1. The van der Waals surface area contributed by atoms with Crippen LogP contribution in [0.4, 0.5) is 20.4 Å². The van der Waals surface area contributed by atoms with Crippen molar-refractivity contribution < 1.29 is 18.3 Å². The van der Waals surface area contributed by atoms with Gasteiger partial charge in [-0.1, -0.05) is 6.07 Å². The van der Waals surface area contributed by atoms with E-state index in [9.17, 15) is 13.6 Å². The van der Waals surface area contributed by atoms with E-state index in [0.29, 0.717) is 35.9 Å². The summed E-state index contributed by atoms with van der Waals surface area (Å²) in [7, 11) is 0. The fourth-order valence-corrected chi connectivity index (χ4v) is 3.54. The number of amides is 1. The molecule has 168 valence electrons. The molecule has 1 aliphatic rings. The third-order valence-electron chi connectivity index (χ3n) is 5.21. The molecule has 1 saturated heterocycles. The normalized spacial score (nSPS) is 14.1. The lowest BCUT2D eigenvalue weighted by Gasteiger charge is -2.27. The topological polar surface area (TPSA) is 97.5 Å². The van der Waals surface area contributed by atoms with Crippen LogP contribution in [0.5, 0.6) is 0 Å². The number of carbonyl (C=O) groups excluding carboxylic acids is 1. The van der Waals surface area contributed by atoms with E-state index < -0.39 is 12.3 Å². The molecule has 0 saturated carbocycles. The fourth-order valence-electron chi connectivity index (χ4n) is 3.54. The number of halogens is 2. The summed E-state index contributed by atoms with van der Waals surface area (Å²) in [5.74, 6) is 0.697. The molecule has 11 heteroatoms. The number of anilines is 2. The zero-order valence-corrected chi connectivity index (χ0v) is 17.4. The molecule has 1 aliphatic heterocycles. The van der Waals surface area contributed by atoms with E-state index >= 15 is 0 Å². The standard InChI is InChI=1S/C22H19F2N7O2/c23-21(24)15-10-14(11-25-12-15)16-4-5-19-26-13-17(31(19)29-16)22(32)28-18-2-1-3-20(27-18)30-6-8-33-9-7-30/h1-5,10-13,21H,6-9H2,(H,27,28,32). The average Bonchev–Trinajstić information content (AvgIpc) is 3.28. The highest BCUT2D eigenvalue weighted by Crippen LogP contribution is 2.24. The van der Waals surface area contributed by atoms with Gasteiger partial charge in [-0.3, -0.25) is 9.78 Å². The summed E-state index contributed by atoms with van der Waals surface area (Å²) in [5, 5.41) is 7.20. The van der Waals surface area contributed by atoms with Crippen LogP contribution in [0.15, 0.2) is 55.0 Å². The van der Waals surface area contributed by atoms with Gasteiger partial charge in [0.05, 0.1) is 25.1 Å². The molecular formula is C22H19F2N7O2. The van der Waals surface area contributed by atoms with Crippen molar-refractivity contribution in [2.24, 2.45) is 0 Å². The smallest absolute Gasteiger partial charge is 0.277 e. The molecular weight excluding hydrogens is 432 g/mol.